The predicted octanol–water partition coefficient (Wildman–Crippen LogP) is 2.59. The first kappa shape index (κ1) is 13.4. The van der Waals surface area contributed by atoms with E-state index in [1.54, 1.807) is 6.20 Å². The van der Waals surface area contributed by atoms with Crippen LogP contribution in [0.2, 0.25) is 5.15 Å². The molecular formula is C12H19ClN2O. The number of pyridine rings is 1. The van der Waals surface area contributed by atoms with Crippen molar-refractivity contribution in [3.63, 3.8) is 0 Å². The SMILES string of the molecule is CC(C)OCCN(C)Cc1ccnc(Cl)c1. The van der Waals surface area contributed by atoms with Crippen LogP contribution in [0.4, 0.5) is 0 Å². The van der Waals surface area contributed by atoms with Gasteiger partial charge in [0.1, 0.15) is 5.15 Å². The largest absolute Gasteiger partial charge is 0.377 e. The van der Waals surface area contributed by atoms with Crippen LogP contribution in [-0.2, 0) is 11.3 Å². The highest BCUT2D eigenvalue weighted by Crippen LogP contribution is 2.08. The third-order valence-electron chi connectivity index (χ3n) is 2.17. The van der Waals surface area contributed by atoms with E-state index in [1.165, 1.54) is 5.56 Å². The zero-order valence-corrected chi connectivity index (χ0v) is 10.9. The van der Waals surface area contributed by atoms with Crippen molar-refractivity contribution in [1.82, 2.24) is 9.88 Å². The second-order valence-corrected chi connectivity index (χ2v) is 4.53. The predicted molar refractivity (Wildman–Crippen MR) is 66.7 cm³/mol. The van der Waals surface area contributed by atoms with Crippen molar-refractivity contribution in [3.8, 4) is 0 Å². The van der Waals surface area contributed by atoms with Crippen LogP contribution in [0.25, 0.3) is 0 Å². The fraction of sp³-hybridized carbons (Fsp3) is 0.583. The summed E-state index contributed by atoms with van der Waals surface area (Å²) in [6, 6.07) is 3.87. The van der Waals surface area contributed by atoms with E-state index in [1.807, 2.05) is 26.0 Å². The molecular weight excluding hydrogens is 224 g/mol. The summed E-state index contributed by atoms with van der Waals surface area (Å²) < 4.78 is 5.49. The molecule has 1 rings (SSSR count). The standard InChI is InChI=1S/C12H19ClN2O/c1-10(2)16-7-6-15(3)9-11-4-5-14-12(13)8-11/h4-5,8,10H,6-7,9H2,1-3H3. The molecule has 0 fully saturated rings. The van der Waals surface area contributed by atoms with Gasteiger partial charge in [0, 0.05) is 19.3 Å². The van der Waals surface area contributed by atoms with Crippen molar-refractivity contribution in [1.29, 1.82) is 0 Å². The van der Waals surface area contributed by atoms with E-state index >= 15 is 0 Å². The number of ether oxygens (including phenoxy) is 1. The minimum Gasteiger partial charge on any atom is -0.377 e. The molecule has 3 nitrogen and oxygen atoms in total. The Morgan fingerprint density at radius 2 is 2.25 bits per heavy atom. The first-order valence-electron chi connectivity index (χ1n) is 5.48. The molecule has 0 aromatic carbocycles. The molecule has 1 aromatic heterocycles. The summed E-state index contributed by atoms with van der Waals surface area (Å²) >= 11 is 5.82. The molecule has 0 aliphatic rings. The first-order valence-corrected chi connectivity index (χ1v) is 5.86. The third-order valence-corrected chi connectivity index (χ3v) is 2.37. The Bertz CT molecular complexity index is 318. The quantitative estimate of drug-likeness (QED) is 0.717. The Balaban J connectivity index is 2.31. The molecule has 4 heteroatoms. The highest BCUT2D eigenvalue weighted by molar-refractivity contribution is 6.29. The average molecular weight is 243 g/mol. The van der Waals surface area contributed by atoms with Gasteiger partial charge in [-0.2, -0.15) is 0 Å². The van der Waals surface area contributed by atoms with E-state index in [0.717, 1.165) is 19.7 Å². The molecule has 16 heavy (non-hydrogen) atoms. The van der Waals surface area contributed by atoms with Crippen LogP contribution in [-0.4, -0.2) is 36.2 Å². The van der Waals surface area contributed by atoms with Crippen LogP contribution < -0.4 is 0 Å². The molecule has 90 valence electrons. The van der Waals surface area contributed by atoms with Crippen molar-refractivity contribution in [2.75, 3.05) is 20.2 Å². The molecule has 0 aliphatic heterocycles. The maximum atomic E-state index is 5.82. The van der Waals surface area contributed by atoms with E-state index in [9.17, 15) is 0 Å². The molecule has 0 N–H and O–H groups in total. The Kier molecular flexibility index (Phi) is 5.74. The van der Waals surface area contributed by atoms with Crippen molar-refractivity contribution in [2.45, 2.75) is 26.5 Å². The van der Waals surface area contributed by atoms with Gasteiger partial charge in [-0.25, -0.2) is 4.98 Å². The molecule has 1 aromatic rings. The highest BCUT2D eigenvalue weighted by Gasteiger charge is 2.02. The minimum atomic E-state index is 0.295. The van der Waals surface area contributed by atoms with Crippen LogP contribution >= 0.6 is 11.6 Å². The van der Waals surface area contributed by atoms with E-state index in [4.69, 9.17) is 16.3 Å². The Labute approximate surface area is 102 Å². The van der Waals surface area contributed by atoms with Gasteiger partial charge >= 0.3 is 0 Å². The fourth-order valence-corrected chi connectivity index (χ4v) is 1.57. The van der Waals surface area contributed by atoms with E-state index < -0.39 is 0 Å². The van der Waals surface area contributed by atoms with Gasteiger partial charge in [0.25, 0.3) is 0 Å². The number of nitrogens with zero attached hydrogens (tertiary/aromatic N) is 2. The second-order valence-electron chi connectivity index (χ2n) is 4.14. The normalized spacial score (nSPS) is 11.4. The monoisotopic (exact) mass is 242 g/mol. The molecule has 0 spiro atoms. The third kappa shape index (κ3) is 5.45. The maximum absolute atomic E-state index is 5.82. The molecule has 0 aliphatic carbocycles. The second kappa shape index (κ2) is 6.84. The summed E-state index contributed by atoms with van der Waals surface area (Å²) in [4.78, 5) is 6.16. The Morgan fingerprint density at radius 1 is 1.50 bits per heavy atom. The number of likely N-dealkylation sites (N-methyl/N-ethyl adjacent to an activating group) is 1. The molecule has 0 bridgehead atoms. The number of hydrogen-bond donors (Lipinski definition) is 0. The van der Waals surface area contributed by atoms with Crippen molar-refractivity contribution >= 4 is 11.6 Å². The molecule has 0 unspecified atom stereocenters. The number of halogens is 1. The minimum absolute atomic E-state index is 0.295. The van der Waals surface area contributed by atoms with Crippen molar-refractivity contribution in [3.05, 3.63) is 29.0 Å². The van der Waals surface area contributed by atoms with Gasteiger partial charge < -0.3 is 4.74 Å². The summed E-state index contributed by atoms with van der Waals surface area (Å²) in [6.45, 7) is 6.63. The van der Waals surface area contributed by atoms with Gasteiger partial charge in [-0.1, -0.05) is 11.6 Å². The van der Waals surface area contributed by atoms with E-state index in [0.29, 0.717) is 11.3 Å². The van der Waals surface area contributed by atoms with Crippen LogP contribution in [0.3, 0.4) is 0 Å². The van der Waals surface area contributed by atoms with Crippen LogP contribution in [0, 0.1) is 0 Å². The number of hydrogen-bond acceptors (Lipinski definition) is 3. The number of aromatic nitrogens is 1. The lowest BCUT2D eigenvalue weighted by Crippen LogP contribution is -2.24. The summed E-state index contributed by atoms with van der Waals surface area (Å²) in [5.74, 6) is 0. The summed E-state index contributed by atoms with van der Waals surface area (Å²) in [6.07, 6.45) is 2.03. The van der Waals surface area contributed by atoms with Gasteiger partial charge in [0.15, 0.2) is 0 Å². The van der Waals surface area contributed by atoms with Crippen molar-refractivity contribution in [2.24, 2.45) is 0 Å². The molecule has 1 heterocycles. The first-order chi connectivity index (χ1) is 7.58. The summed E-state index contributed by atoms with van der Waals surface area (Å²) in [5.41, 5.74) is 1.17. The van der Waals surface area contributed by atoms with Gasteiger partial charge in [0.05, 0.1) is 12.7 Å². The van der Waals surface area contributed by atoms with E-state index in [2.05, 4.69) is 16.9 Å². The molecule has 0 atom stereocenters. The van der Waals surface area contributed by atoms with Crippen molar-refractivity contribution < 1.29 is 4.74 Å². The molecule has 0 amide bonds. The zero-order valence-electron chi connectivity index (χ0n) is 10.1. The smallest absolute Gasteiger partial charge is 0.129 e. The van der Waals surface area contributed by atoms with Gasteiger partial charge in [-0.15, -0.1) is 0 Å². The van der Waals surface area contributed by atoms with Crippen LogP contribution in [0.15, 0.2) is 18.3 Å². The molecule has 0 radical (unpaired) electrons. The lowest BCUT2D eigenvalue weighted by molar-refractivity contribution is 0.0627. The topological polar surface area (TPSA) is 25.4 Å². The van der Waals surface area contributed by atoms with Crippen LogP contribution in [0.5, 0.6) is 0 Å². The molecule has 0 saturated carbocycles. The van der Waals surface area contributed by atoms with E-state index in [-0.39, 0.29) is 0 Å². The Hall–Kier alpha value is -0.640. The van der Waals surface area contributed by atoms with Gasteiger partial charge in [-0.3, -0.25) is 4.90 Å². The number of rotatable bonds is 6. The zero-order chi connectivity index (χ0) is 12.0. The van der Waals surface area contributed by atoms with Gasteiger partial charge in [-0.05, 0) is 38.6 Å². The highest BCUT2D eigenvalue weighted by atomic mass is 35.5. The van der Waals surface area contributed by atoms with Crippen LogP contribution in [0.1, 0.15) is 19.4 Å². The summed E-state index contributed by atoms with van der Waals surface area (Å²) in [5, 5.41) is 0.546. The lowest BCUT2D eigenvalue weighted by atomic mass is 10.2. The lowest BCUT2D eigenvalue weighted by Gasteiger charge is -2.17. The maximum Gasteiger partial charge on any atom is 0.129 e. The fourth-order valence-electron chi connectivity index (χ4n) is 1.38. The average Bonchev–Trinajstić information content (AvgIpc) is 2.16. The summed E-state index contributed by atoms with van der Waals surface area (Å²) in [7, 11) is 2.07. The van der Waals surface area contributed by atoms with Gasteiger partial charge in [0.2, 0.25) is 0 Å². The Morgan fingerprint density at radius 3 is 2.88 bits per heavy atom. The molecule has 0 saturated heterocycles.